The van der Waals surface area contributed by atoms with Gasteiger partial charge in [0.15, 0.2) is 0 Å². The maximum Gasteiger partial charge on any atom is 0.226 e. The zero-order valence-electron chi connectivity index (χ0n) is 14.2. The second-order valence-electron chi connectivity index (χ2n) is 6.56. The van der Waals surface area contributed by atoms with Gasteiger partial charge in [0.05, 0.1) is 25.6 Å². The molecular formula is C21H27N2O+. The Labute approximate surface area is 144 Å². The van der Waals surface area contributed by atoms with Gasteiger partial charge in [-0.2, -0.15) is 0 Å². The molecule has 2 aromatic carbocycles. The zero-order chi connectivity index (χ0) is 16.6. The first-order chi connectivity index (χ1) is 11.8. The molecule has 0 aromatic heterocycles. The fourth-order valence-corrected chi connectivity index (χ4v) is 3.46. The van der Waals surface area contributed by atoms with Gasteiger partial charge < -0.3 is 10.6 Å². The summed E-state index contributed by atoms with van der Waals surface area (Å²) in [6, 6.07) is 19.2. The normalized spacial score (nSPS) is 16.4. The van der Waals surface area contributed by atoms with Crippen molar-refractivity contribution in [3.8, 4) is 0 Å². The fourth-order valence-electron chi connectivity index (χ4n) is 3.46. The van der Waals surface area contributed by atoms with Crippen LogP contribution in [0.5, 0.6) is 0 Å². The molecule has 126 valence electrons. The summed E-state index contributed by atoms with van der Waals surface area (Å²) in [5, 5.41) is 5.46. The predicted octanol–water partition coefficient (Wildman–Crippen LogP) is 2.38. The van der Waals surface area contributed by atoms with E-state index < -0.39 is 0 Å². The van der Waals surface area contributed by atoms with E-state index in [-0.39, 0.29) is 11.9 Å². The van der Waals surface area contributed by atoms with Gasteiger partial charge >= 0.3 is 0 Å². The van der Waals surface area contributed by atoms with Crippen molar-refractivity contribution in [1.29, 1.82) is 0 Å². The first-order valence-corrected chi connectivity index (χ1v) is 9.05. The molecule has 0 radical (unpaired) electrons. The van der Waals surface area contributed by atoms with Gasteiger partial charge in [-0.05, 0) is 36.0 Å². The smallest absolute Gasteiger partial charge is 0.226 e. The Morgan fingerprint density at radius 2 is 1.83 bits per heavy atom. The number of quaternary nitrogens is 1. The van der Waals surface area contributed by atoms with E-state index in [1.54, 1.807) is 0 Å². The molecule has 0 saturated heterocycles. The number of hydrogen-bond acceptors (Lipinski definition) is 1. The Morgan fingerprint density at radius 3 is 2.71 bits per heavy atom. The quantitative estimate of drug-likeness (QED) is 0.755. The summed E-state index contributed by atoms with van der Waals surface area (Å²) in [5.74, 6) is 0.174. The number of carbonyl (C=O) groups excluding carboxylic acids is 1. The average Bonchev–Trinajstić information content (AvgIpc) is 2.63. The Morgan fingerprint density at radius 1 is 1.04 bits per heavy atom. The van der Waals surface area contributed by atoms with Crippen LogP contribution in [-0.2, 0) is 17.6 Å². The standard InChI is InChI=1S/C21H26N2O/c24-21(14-16-22-15-13-17-7-2-1-3-8-17)23-20-12-6-10-18-9-4-5-11-19(18)20/h1-5,7-9,11,20,22H,6,10,12-16H2,(H,23,24)/p+1/t20-/m1/s1. The highest BCUT2D eigenvalue weighted by molar-refractivity contribution is 5.76. The molecular weight excluding hydrogens is 296 g/mol. The summed E-state index contributed by atoms with van der Waals surface area (Å²) in [4.78, 5) is 12.2. The molecule has 2 aromatic rings. The lowest BCUT2D eigenvalue weighted by Gasteiger charge is -2.26. The number of carbonyl (C=O) groups is 1. The molecule has 0 spiro atoms. The Bertz CT molecular complexity index is 654. The maximum absolute atomic E-state index is 12.2. The van der Waals surface area contributed by atoms with Crippen LogP contribution in [0.15, 0.2) is 54.6 Å². The molecule has 3 heteroatoms. The number of amides is 1. The Hall–Kier alpha value is -2.13. The number of fused-ring (bicyclic) bond motifs is 1. The molecule has 0 heterocycles. The molecule has 1 atom stereocenters. The highest BCUT2D eigenvalue weighted by atomic mass is 16.1. The molecule has 3 N–H and O–H groups in total. The lowest BCUT2D eigenvalue weighted by molar-refractivity contribution is -0.653. The van der Waals surface area contributed by atoms with Gasteiger partial charge in [-0.15, -0.1) is 0 Å². The Kier molecular flexibility index (Phi) is 6.02. The van der Waals surface area contributed by atoms with E-state index in [9.17, 15) is 4.79 Å². The second-order valence-corrected chi connectivity index (χ2v) is 6.56. The summed E-state index contributed by atoms with van der Waals surface area (Å²) in [6.45, 7) is 1.89. The highest BCUT2D eigenvalue weighted by Gasteiger charge is 2.21. The average molecular weight is 323 g/mol. The minimum absolute atomic E-state index is 0.174. The fraction of sp³-hybridized carbons (Fsp3) is 0.381. The van der Waals surface area contributed by atoms with Gasteiger partial charge in [0.1, 0.15) is 0 Å². The van der Waals surface area contributed by atoms with E-state index in [0.29, 0.717) is 6.42 Å². The van der Waals surface area contributed by atoms with Crippen LogP contribution in [0.25, 0.3) is 0 Å². The number of nitrogens with two attached hydrogens (primary N) is 1. The molecule has 1 aliphatic carbocycles. The van der Waals surface area contributed by atoms with Crippen molar-refractivity contribution in [2.75, 3.05) is 13.1 Å². The third-order valence-corrected chi connectivity index (χ3v) is 4.76. The van der Waals surface area contributed by atoms with Crippen LogP contribution in [0.3, 0.4) is 0 Å². The topological polar surface area (TPSA) is 45.7 Å². The van der Waals surface area contributed by atoms with Gasteiger partial charge in [-0.1, -0.05) is 54.6 Å². The van der Waals surface area contributed by atoms with Gasteiger partial charge in [-0.25, -0.2) is 0 Å². The van der Waals surface area contributed by atoms with Crippen LogP contribution >= 0.6 is 0 Å². The number of hydrogen-bond donors (Lipinski definition) is 2. The molecule has 0 bridgehead atoms. The van der Waals surface area contributed by atoms with Crippen LogP contribution in [0.4, 0.5) is 0 Å². The molecule has 24 heavy (non-hydrogen) atoms. The van der Waals surface area contributed by atoms with Crippen molar-refractivity contribution < 1.29 is 10.1 Å². The largest absolute Gasteiger partial charge is 0.349 e. The van der Waals surface area contributed by atoms with Crippen LogP contribution in [-0.4, -0.2) is 19.0 Å². The summed E-state index contributed by atoms with van der Waals surface area (Å²) >= 11 is 0. The molecule has 1 aliphatic rings. The van der Waals surface area contributed by atoms with Crippen LogP contribution in [0.1, 0.15) is 42.0 Å². The zero-order valence-corrected chi connectivity index (χ0v) is 14.2. The molecule has 0 fully saturated rings. The summed E-state index contributed by atoms with van der Waals surface area (Å²) < 4.78 is 0. The van der Waals surface area contributed by atoms with E-state index in [0.717, 1.165) is 38.8 Å². The summed E-state index contributed by atoms with van der Waals surface area (Å²) in [7, 11) is 0. The van der Waals surface area contributed by atoms with Crippen molar-refractivity contribution in [3.63, 3.8) is 0 Å². The lowest BCUT2D eigenvalue weighted by Crippen LogP contribution is -2.85. The third kappa shape index (κ3) is 4.68. The van der Waals surface area contributed by atoms with Crippen molar-refractivity contribution in [2.24, 2.45) is 0 Å². The van der Waals surface area contributed by atoms with E-state index in [4.69, 9.17) is 0 Å². The monoisotopic (exact) mass is 323 g/mol. The first kappa shape index (κ1) is 16.7. The number of aryl methyl sites for hydroxylation is 1. The molecule has 0 saturated carbocycles. The Balaban J connectivity index is 1.37. The maximum atomic E-state index is 12.2. The van der Waals surface area contributed by atoms with Crippen LogP contribution in [0, 0.1) is 0 Å². The molecule has 0 unspecified atom stereocenters. The summed E-state index contributed by atoms with van der Waals surface area (Å²) in [5.41, 5.74) is 4.06. The molecule has 3 nitrogen and oxygen atoms in total. The van der Waals surface area contributed by atoms with Gasteiger partial charge in [-0.3, -0.25) is 4.79 Å². The molecule has 3 rings (SSSR count). The van der Waals surface area contributed by atoms with Gasteiger partial charge in [0.25, 0.3) is 0 Å². The van der Waals surface area contributed by atoms with Crippen molar-refractivity contribution >= 4 is 5.91 Å². The van der Waals surface area contributed by atoms with E-state index in [1.807, 2.05) is 6.07 Å². The number of benzene rings is 2. The molecule has 1 amide bonds. The second kappa shape index (κ2) is 8.65. The summed E-state index contributed by atoms with van der Waals surface area (Å²) in [6.07, 6.45) is 4.99. The number of rotatable bonds is 7. The van der Waals surface area contributed by atoms with Crippen molar-refractivity contribution in [2.45, 2.75) is 38.1 Å². The van der Waals surface area contributed by atoms with Gasteiger partial charge in [0.2, 0.25) is 5.91 Å². The van der Waals surface area contributed by atoms with E-state index in [1.165, 1.54) is 16.7 Å². The van der Waals surface area contributed by atoms with Crippen molar-refractivity contribution in [1.82, 2.24) is 5.32 Å². The van der Waals surface area contributed by atoms with Crippen LogP contribution in [0.2, 0.25) is 0 Å². The number of nitrogens with one attached hydrogen (secondary N) is 1. The third-order valence-electron chi connectivity index (χ3n) is 4.76. The minimum atomic E-state index is 0.174. The van der Waals surface area contributed by atoms with E-state index >= 15 is 0 Å². The highest BCUT2D eigenvalue weighted by Crippen LogP contribution is 2.29. The van der Waals surface area contributed by atoms with E-state index in [2.05, 4.69) is 59.2 Å². The predicted molar refractivity (Wildman–Crippen MR) is 96.7 cm³/mol. The first-order valence-electron chi connectivity index (χ1n) is 9.05. The molecule has 0 aliphatic heterocycles. The van der Waals surface area contributed by atoms with Crippen molar-refractivity contribution in [3.05, 3.63) is 71.3 Å². The minimum Gasteiger partial charge on any atom is -0.349 e. The lowest BCUT2D eigenvalue weighted by atomic mass is 9.88. The SMILES string of the molecule is O=C(CC[NH2+]CCc1ccccc1)N[C@@H]1CCCc2ccccc21. The van der Waals surface area contributed by atoms with Gasteiger partial charge in [0, 0.05) is 6.42 Å². The van der Waals surface area contributed by atoms with Crippen LogP contribution < -0.4 is 10.6 Å².